The van der Waals surface area contributed by atoms with E-state index in [1.165, 1.54) is 0 Å². The van der Waals surface area contributed by atoms with E-state index in [4.69, 9.17) is 0 Å². The van der Waals surface area contributed by atoms with Gasteiger partial charge in [-0.2, -0.15) is 0 Å². The van der Waals surface area contributed by atoms with E-state index in [0.29, 0.717) is 19.0 Å². The minimum atomic E-state index is 0.0153. The molecule has 0 unspecified atom stereocenters. The van der Waals surface area contributed by atoms with Crippen molar-refractivity contribution in [3.63, 3.8) is 0 Å². The molecule has 28 heavy (non-hydrogen) atoms. The van der Waals surface area contributed by atoms with Crippen LogP contribution in [0.1, 0.15) is 72.9 Å². The van der Waals surface area contributed by atoms with Gasteiger partial charge in [0, 0.05) is 37.4 Å². The van der Waals surface area contributed by atoms with E-state index in [0.717, 1.165) is 31.4 Å². The monoisotopic (exact) mass is 391 g/mol. The molecule has 0 saturated heterocycles. The summed E-state index contributed by atoms with van der Waals surface area (Å²) in [4.78, 5) is 30.0. The van der Waals surface area contributed by atoms with Crippen molar-refractivity contribution in [2.75, 3.05) is 13.1 Å². The molecule has 160 valence electrons. The largest absolute Gasteiger partial charge is 0.353 e. The van der Waals surface area contributed by atoms with Crippen LogP contribution in [-0.4, -0.2) is 45.3 Å². The third-order valence-corrected chi connectivity index (χ3v) is 5.30. The van der Waals surface area contributed by atoms with Gasteiger partial charge in [-0.3, -0.25) is 9.59 Å². The number of aryl methyl sites for hydroxylation is 1. The van der Waals surface area contributed by atoms with E-state index < -0.39 is 0 Å². The van der Waals surface area contributed by atoms with Crippen LogP contribution < -0.4 is 0 Å². The molecule has 5 nitrogen and oxygen atoms in total. The third kappa shape index (κ3) is 7.33. The normalized spacial score (nSPS) is 12.5. The molecule has 2 amide bonds. The number of carbonyl (C=O) groups is 2. The number of unbranched alkanes of at least 4 members (excludes halogenated alkanes) is 1. The second-order valence-corrected chi connectivity index (χ2v) is 8.59. The Hall–Kier alpha value is -1.78. The van der Waals surface area contributed by atoms with Gasteiger partial charge in [0.05, 0.1) is 13.1 Å². The van der Waals surface area contributed by atoms with E-state index in [1.807, 2.05) is 48.7 Å². The van der Waals surface area contributed by atoms with Crippen LogP contribution in [0.4, 0.5) is 0 Å². The first-order valence-corrected chi connectivity index (χ1v) is 10.9. The lowest BCUT2D eigenvalue weighted by molar-refractivity contribution is -0.145. The number of amides is 2. The molecule has 0 spiro atoms. The van der Waals surface area contributed by atoms with E-state index in [1.54, 1.807) is 4.90 Å². The predicted octanol–water partition coefficient (Wildman–Crippen LogP) is 4.46. The second kappa shape index (κ2) is 11.9. The Morgan fingerprint density at radius 3 is 2.29 bits per heavy atom. The summed E-state index contributed by atoms with van der Waals surface area (Å²) >= 11 is 0. The predicted molar refractivity (Wildman–Crippen MR) is 116 cm³/mol. The van der Waals surface area contributed by atoms with Gasteiger partial charge in [0.1, 0.15) is 0 Å². The first-order chi connectivity index (χ1) is 13.2. The van der Waals surface area contributed by atoms with Gasteiger partial charge in [-0.1, -0.05) is 40.5 Å². The highest BCUT2D eigenvalue weighted by atomic mass is 16.2. The van der Waals surface area contributed by atoms with Gasteiger partial charge in [-0.15, -0.1) is 0 Å². The summed E-state index contributed by atoms with van der Waals surface area (Å²) in [5, 5.41) is 0. The van der Waals surface area contributed by atoms with Crippen molar-refractivity contribution < 1.29 is 9.59 Å². The Labute approximate surface area is 172 Å². The van der Waals surface area contributed by atoms with E-state index >= 15 is 0 Å². The van der Waals surface area contributed by atoms with Crippen molar-refractivity contribution in [2.45, 2.75) is 79.8 Å². The van der Waals surface area contributed by atoms with Crippen molar-refractivity contribution in [2.24, 2.45) is 18.9 Å². The maximum absolute atomic E-state index is 13.2. The van der Waals surface area contributed by atoms with Crippen LogP contribution in [0.15, 0.2) is 18.3 Å². The van der Waals surface area contributed by atoms with Crippen LogP contribution in [0.2, 0.25) is 0 Å². The van der Waals surface area contributed by atoms with E-state index in [-0.39, 0.29) is 30.3 Å². The zero-order valence-corrected chi connectivity index (χ0v) is 19.1. The number of carbonyl (C=O) groups excluding carboxylic acids is 2. The number of aromatic nitrogens is 1. The van der Waals surface area contributed by atoms with Gasteiger partial charge in [0.25, 0.3) is 0 Å². The smallest absolute Gasteiger partial charge is 0.242 e. The van der Waals surface area contributed by atoms with Crippen LogP contribution in [0, 0.1) is 11.8 Å². The molecule has 0 aliphatic rings. The Kier molecular flexibility index (Phi) is 10.3. The fourth-order valence-electron chi connectivity index (χ4n) is 3.50. The van der Waals surface area contributed by atoms with Crippen LogP contribution in [-0.2, 0) is 23.2 Å². The molecule has 1 rings (SSSR count). The Morgan fingerprint density at radius 1 is 1.14 bits per heavy atom. The van der Waals surface area contributed by atoms with Gasteiger partial charge in [0.2, 0.25) is 11.8 Å². The summed E-state index contributed by atoms with van der Waals surface area (Å²) in [6.07, 6.45) is 5.87. The standard InChI is InChI=1S/C23H41N3O2/c1-8-10-12-20(9-2)23(28)26(19(5)6)17-22(27)25(15-18(3)4)16-21-13-11-14-24(21)7/h11,13-14,18-20H,8-10,12,15-17H2,1-7H3/t20-/m1/s1. The maximum atomic E-state index is 13.2. The van der Waals surface area contributed by atoms with Gasteiger partial charge in [-0.05, 0) is 44.7 Å². The summed E-state index contributed by atoms with van der Waals surface area (Å²) in [6, 6.07) is 4.06. The van der Waals surface area contributed by atoms with Crippen LogP contribution >= 0.6 is 0 Å². The van der Waals surface area contributed by atoms with Crippen molar-refractivity contribution >= 4 is 11.8 Å². The summed E-state index contributed by atoms with van der Waals surface area (Å²) in [7, 11) is 2.00. The van der Waals surface area contributed by atoms with Crippen LogP contribution in [0.3, 0.4) is 0 Å². The average Bonchev–Trinajstić information content (AvgIpc) is 3.03. The highest BCUT2D eigenvalue weighted by Crippen LogP contribution is 2.18. The van der Waals surface area contributed by atoms with Crippen molar-refractivity contribution in [1.29, 1.82) is 0 Å². The molecule has 1 atom stereocenters. The quantitative estimate of drug-likeness (QED) is 0.528. The Bertz CT molecular complexity index is 607. The first kappa shape index (κ1) is 24.3. The molecule has 0 N–H and O–H groups in total. The molecule has 0 saturated carbocycles. The molecule has 0 fully saturated rings. The number of rotatable bonds is 12. The zero-order chi connectivity index (χ0) is 21.3. The summed E-state index contributed by atoms with van der Waals surface area (Å²) in [5.41, 5.74) is 1.10. The van der Waals surface area contributed by atoms with Crippen LogP contribution in [0.5, 0.6) is 0 Å². The molecular formula is C23H41N3O2. The van der Waals surface area contributed by atoms with Gasteiger partial charge >= 0.3 is 0 Å². The third-order valence-electron chi connectivity index (χ3n) is 5.30. The Balaban J connectivity index is 2.93. The van der Waals surface area contributed by atoms with Gasteiger partial charge < -0.3 is 14.4 Å². The molecule has 1 aromatic heterocycles. The van der Waals surface area contributed by atoms with Gasteiger partial charge in [0.15, 0.2) is 0 Å². The van der Waals surface area contributed by atoms with E-state index in [9.17, 15) is 9.59 Å². The maximum Gasteiger partial charge on any atom is 0.242 e. The fourth-order valence-corrected chi connectivity index (χ4v) is 3.50. The molecule has 1 aromatic rings. The molecule has 0 bridgehead atoms. The molecule has 1 heterocycles. The molecule has 5 heteroatoms. The number of hydrogen-bond donors (Lipinski definition) is 0. The second-order valence-electron chi connectivity index (χ2n) is 8.59. The van der Waals surface area contributed by atoms with Crippen molar-refractivity contribution in [1.82, 2.24) is 14.4 Å². The molecular weight excluding hydrogens is 350 g/mol. The van der Waals surface area contributed by atoms with Crippen molar-refractivity contribution in [3.8, 4) is 0 Å². The molecule has 0 aromatic carbocycles. The lowest BCUT2D eigenvalue weighted by Gasteiger charge is -2.33. The summed E-state index contributed by atoms with van der Waals surface area (Å²) < 4.78 is 2.05. The number of hydrogen-bond acceptors (Lipinski definition) is 2. The van der Waals surface area contributed by atoms with E-state index in [2.05, 4.69) is 27.7 Å². The van der Waals surface area contributed by atoms with Crippen LogP contribution in [0.25, 0.3) is 0 Å². The summed E-state index contributed by atoms with van der Waals surface area (Å²) in [5.74, 6) is 0.548. The molecule has 0 radical (unpaired) electrons. The zero-order valence-electron chi connectivity index (χ0n) is 19.1. The summed E-state index contributed by atoms with van der Waals surface area (Å²) in [6.45, 7) is 13.9. The minimum Gasteiger partial charge on any atom is -0.353 e. The van der Waals surface area contributed by atoms with Crippen molar-refractivity contribution in [3.05, 3.63) is 24.0 Å². The SMILES string of the molecule is CCCC[C@@H](CC)C(=O)N(CC(=O)N(Cc1cccn1C)CC(C)C)C(C)C. The average molecular weight is 392 g/mol. The minimum absolute atomic E-state index is 0.0153. The highest BCUT2D eigenvalue weighted by Gasteiger charge is 2.28. The number of nitrogens with zero attached hydrogens (tertiary/aromatic N) is 3. The van der Waals surface area contributed by atoms with Gasteiger partial charge in [-0.25, -0.2) is 0 Å². The first-order valence-electron chi connectivity index (χ1n) is 10.9. The fraction of sp³-hybridized carbons (Fsp3) is 0.739. The molecule has 0 aliphatic carbocycles. The molecule has 0 aliphatic heterocycles. The lowest BCUT2D eigenvalue weighted by atomic mass is 9.97. The topological polar surface area (TPSA) is 45.6 Å². The lowest BCUT2D eigenvalue weighted by Crippen LogP contribution is -2.48. The highest BCUT2D eigenvalue weighted by molar-refractivity contribution is 5.86. The Morgan fingerprint density at radius 2 is 1.82 bits per heavy atom.